The van der Waals surface area contributed by atoms with E-state index in [9.17, 15) is 14.0 Å². The molecule has 3 N–H and O–H groups in total. The summed E-state index contributed by atoms with van der Waals surface area (Å²) >= 11 is 0. The largest absolute Gasteiger partial charge is 0.497 e. The molecule has 0 bridgehead atoms. The van der Waals surface area contributed by atoms with E-state index in [4.69, 9.17) is 4.74 Å². The predicted molar refractivity (Wildman–Crippen MR) is 97.7 cm³/mol. The highest BCUT2D eigenvalue weighted by Crippen LogP contribution is 2.14. The molecule has 2 rings (SSSR count). The zero-order valence-electron chi connectivity index (χ0n) is 14.5. The van der Waals surface area contributed by atoms with Gasteiger partial charge in [-0.25, -0.2) is 9.18 Å². The number of hydrogen-bond donors (Lipinski definition) is 3. The number of ether oxygens (including phenoxy) is 1. The number of hydrogen-bond acceptors (Lipinski definition) is 3. The smallest absolute Gasteiger partial charge is 0.319 e. The normalized spacial score (nSPS) is 10.1. The highest BCUT2D eigenvalue weighted by Gasteiger charge is 2.05. The van der Waals surface area contributed by atoms with Crippen LogP contribution in [0.2, 0.25) is 0 Å². The summed E-state index contributed by atoms with van der Waals surface area (Å²) in [6.45, 7) is 0.687. The molecular weight excluding hydrogens is 337 g/mol. The third-order valence-corrected chi connectivity index (χ3v) is 3.63. The van der Waals surface area contributed by atoms with E-state index < -0.39 is 0 Å². The first-order chi connectivity index (χ1) is 12.6. The van der Waals surface area contributed by atoms with Crippen LogP contribution in [0.1, 0.15) is 12.0 Å². The lowest BCUT2D eigenvalue weighted by Gasteiger charge is -2.09. The van der Waals surface area contributed by atoms with Crippen molar-refractivity contribution < 1.29 is 18.7 Å². The zero-order valence-corrected chi connectivity index (χ0v) is 14.5. The van der Waals surface area contributed by atoms with E-state index in [1.165, 1.54) is 12.1 Å². The van der Waals surface area contributed by atoms with Crippen LogP contribution >= 0.6 is 0 Å². The van der Waals surface area contributed by atoms with E-state index in [0.29, 0.717) is 24.4 Å². The van der Waals surface area contributed by atoms with Crippen LogP contribution in [0.25, 0.3) is 0 Å². The van der Waals surface area contributed by atoms with Crippen LogP contribution < -0.4 is 20.7 Å². The summed E-state index contributed by atoms with van der Waals surface area (Å²) in [4.78, 5) is 23.5. The number of urea groups is 1. The minimum Gasteiger partial charge on any atom is -0.497 e. The first-order valence-corrected chi connectivity index (χ1v) is 8.27. The fourth-order valence-corrected chi connectivity index (χ4v) is 2.22. The molecule has 0 aliphatic rings. The van der Waals surface area contributed by atoms with Gasteiger partial charge in [0.25, 0.3) is 0 Å². The minimum atomic E-state index is -0.380. The molecule has 2 aromatic carbocycles. The molecule has 2 aromatic rings. The van der Waals surface area contributed by atoms with Gasteiger partial charge in [-0.3, -0.25) is 4.79 Å². The summed E-state index contributed by atoms with van der Waals surface area (Å²) in [6.07, 6.45) is 0.802. The molecule has 0 unspecified atom stereocenters. The number of carbonyl (C=O) groups is 2. The number of rotatable bonds is 8. The first-order valence-electron chi connectivity index (χ1n) is 8.27. The molecule has 0 aliphatic carbocycles. The van der Waals surface area contributed by atoms with Crippen molar-refractivity contribution in [1.29, 1.82) is 0 Å². The third-order valence-electron chi connectivity index (χ3n) is 3.63. The fraction of sp³-hybridized carbons (Fsp3) is 0.263. The van der Waals surface area contributed by atoms with Gasteiger partial charge in [-0.05, 0) is 48.4 Å². The Kier molecular flexibility index (Phi) is 7.42. The number of nitrogens with one attached hydrogen (secondary N) is 3. The standard InChI is InChI=1S/C19H22FN3O3/c1-26-17-8-6-16(7-9-17)23-19(25)22-13-11-18(24)21-12-10-14-2-4-15(20)5-3-14/h2-9H,10-13H2,1H3,(H,21,24)(H2,22,23,25). The summed E-state index contributed by atoms with van der Waals surface area (Å²) in [7, 11) is 1.57. The zero-order chi connectivity index (χ0) is 18.8. The summed E-state index contributed by atoms with van der Waals surface area (Å²) in [6, 6.07) is 12.7. The summed E-state index contributed by atoms with van der Waals surface area (Å²) in [5.41, 5.74) is 1.58. The van der Waals surface area contributed by atoms with E-state index in [1.807, 2.05) is 0 Å². The van der Waals surface area contributed by atoms with Crippen LogP contribution in [0.15, 0.2) is 48.5 Å². The second-order valence-electron chi connectivity index (χ2n) is 5.59. The number of carbonyl (C=O) groups excluding carboxylic acids is 2. The topological polar surface area (TPSA) is 79.5 Å². The van der Waals surface area contributed by atoms with Gasteiger partial charge in [0.1, 0.15) is 11.6 Å². The Morgan fingerprint density at radius 1 is 0.962 bits per heavy atom. The second-order valence-corrected chi connectivity index (χ2v) is 5.59. The van der Waals surface area contributed by atoms with Crippen molar-refractivity contribution in [3.8, 4) is 5.75 Å². The maximum absolute atomic E-state index is 12.8. The van der Waals surface area contributed by atoms with Crippen molar-refractivity contribution in [2.45, 2.75) is 12.8 Å². The molecular formula is C19H22FN3O3. The van der Waals surface area contributed by atoms with Crippen LogP contribution in [-0.4, -0.2) is 32.1 Å². The molecule has 0 radical (unpaired) electrons. The van der Waals surface area contributed by atoms with Crippen molar-refractivity contribution in [3.05, 3.63) is 59.9 Å². The average molecular weight is 359 g/mol. The Labute approximate surface area is 151 Å². The Bertz CT molecular complexity index is 718. The molecule has 0 aliphatic heterocycles. The van der Waals surface area contributed by atoms with Crippen molar-refractivity contribution in [1.82, 2.24) is 10.6 Å². The Hall–Kier alpha value is -3.09. The van der Waals surface area contributed by atoms with Crippen LogP contribution in [0.5, 0.6) is 5.75 Å². The minimum absolute atomic E-state index is 0.156. The lowest BCUT2D eigenvalue weighted by molar-refractivity contribution is -0.120. The molecule has 0 fully saturated rings. The van der Waals surface area contributed by atoms with E-state index in [1.54, 1.807) is 43.5 Å². The van der Waals surface area contributed by atoms with Crippen molar-refractivity contribution in [2.24, 2.45) is 0 Å². The lowest BCUT2D eigenvalue weighted by atomic mass is 10.1. The average Bonchev–Trinajstić information content (AvgIpc) is 2.64. The van der Waals surface area contributed by atoms with E-state index in [-0.39, 0.29) is 30.7 Å². The Morgan fingerprint density at radius 3 is 2.31 bits per heavy atom. The molecule has 0 saturated carbocycles. The van der Waals surface area contributed by atoms with Gasteiger partial charge >= 0.3 is 6.03 Å². The third kappa shape index (κ3) is 6.80. The predicted octanol–water partition coefficient (Wildman–Crippen LogP) is 2.70. The van der Waals surface area contributed by atoms with Crippen molar-refractivity contribution >= 4 is 17.6 Å². The SMILES string of the molecule is COc1ccc(NC(=O)NCCC(=O)NCCc2ccc(F)cc2)cc1. The maximum Gasteiger partial charge on any atom is 0.319 e. The molecule has 0 aromatic heterocycles. The van der Waals surface area contributed by atoms with Gasteiger partial charge in [-0.2, -0.15) is 0 Å². The monoisotopic (exact) mass is 359 g/mol. The summed E-state index contributed by atoms with van der Waals surface area (Å²) in [5, 5.41) is 8.05. The van der Waals surface area contributed by atoms with E-state index in [2.05, 4.69) is 16.0 Å². The highest BCUT2D eigenvalue weighted by molar-refractivity contribution is 5.89. The van der Waals surface area contributed by atoms with Gasteiger partial charge in [0.05, 0.1) is 7.11 Å². The second kappa shape index (κ2) is 10.0. The number of anilines is 1. The molecule has 7 heteroatoms. The summed E-state index contributed by atoms with van der Waals surface area (Å²) in [5.74, 6) is 0.266. The van der Waals surface area contributed by atoms with Crippen molar-refractivity contribution in [2.75, 3.05) is 25.5 Å². The van der Waals surface area contributed by atoms with Gasteiger partial charge in [-0.1, -0.05) is 12.1 Å². The maximum atomic E-state index is 12.8. The molecule has 26 heavy (non-hydrogen) atoms. The quantitative estimate of drug-likeness (QED) is 0.678. The van der Waals surface area contributed by atoms with E-state index in [0.717, 1.165) is 5.56 Å². The Balaban J connectivity index is 1.59. The molecule has 6 nitrogen and oxygen atoms in total. The van der Waals surface area contributed by atoms with Crippen LogP contribution in [0.4, 0.5) is 14.9 Å². The molecule has 0 saturated heterocycles. The number of benzene rings is 2. The van der Waals surface area contributed by atoms with Crippen molar-refractivity contribution in [3.63, 3.8) is 0 Å². The molecule has 3 amide bonds. The van der Waals surface area contributed by atoms with Gasteiger partial charge < -0.3 is 20.7 Å². The van der Waals surface area contributed by atoms with Gasteiger partial charge in [0.15, 0.2) is 0 Å². The van der Waals surface area contributed by atoms with Crippen LogP contribution in [0, 0.1) is 5.82 Å². The molecule has 0 atom stereocenters. The van der Waals surface area contributed by atoms with Crippen LogP contribution in [0.3, 0.4) is 0 Å². The van der Waals surface area contributed by atoms with Gasteiger partial charge in [-0.15, -0.1) is 0 Å². The summed E-state index contributed by atoms with van der Waals surface area (Å²) < 4.78 is 17.8. The molecule has 138 valence electrons. The van der Waals surface area contributed by atoms with E-state index >= 15 is 0 Å². The Morgan fingerprint density at radius 2 is 1.65 bits per heavy atom. The van der Waals surface area contributed by atoms with Gasteiger partial charge in [0, 0.05) is 25.2 Å². The van der Waals surface area contributed by atoms with Crippen LogP contribution in [-0.2, 0) is 11.2 Å². The van der Waals surface area contributed by atoms with Gasteiger partial charge in [0.2, 0.25) is 5.91 Å². The first kappa shape index (κ1) is 19.2. The molecule has 0 spiro atoms. The lowest BCUT2D eigenvalue weighted by Crippen LogP contribution is -2.33. The molecule has 0 heterocycles. The number of methoxy groups -OCH3 is 1. The highest BCUT2D eigenvalue weighted by atomic mass is 19.1. The number of halogens is 1. The number of amides is 3. The fourth-order valence-electron chi connectivity index (χ4n) is 2.22.